The molecule has 39 heavy (non-hydrogen) atoms. The van der Waals surface area contributed by atoms with Gasteiger partial charge in [-0.1, -0.05) is 19.4 Å². The predicted molar refractivity (Wildman–Crippen MR) is 153 cm³/mol. The van der Waals surface area contributed by atoms with Gasteiger partial charge in [-0.2, -0.15) is 0 Å². The SMILES string of the molecule is C=CC(=O)NC1CC(NC2NCC(Cl)C(NC3CCCCC3C(N)=O)N2)C(OC)CC1N1CCC(N(C)C)C1. The van der Waals surface area contributed by atoms with Crippen LogP contribution < -0.4 is 32.3 Å². The average molecular weight is 569 g/mol. The van der Waals surface area contributed by atoms with Crippen LogP contribution in [-0.2, 0) is 14.3 Å². The van der Waals surface area contributed by atoms with Gasteiger partial charge in [-0.25, -0.2) is 0 Å². The predicted octanol–water partition coefficient (Wildman–Crippen LogP) is -0.528. The zero-order chi connectivity index (χ0) is 28.1. The van der Waals surface area contributed by atoms with Crippen LogP contribution in [0.3, 0.4) is 0 Å². The lowest BCUT2D eigenvalue weighted by atomic mass is 9.83. The summed E-state index contributed by atoms with van der Waals surface area (Å²) >= 11 is 6.69. The molecule has 10 unspecified atom stereocenters. The monoisotopic (exact) mass is 568 g/mol. The Bertz CT molecular complexity index is 850. The van der Waals surface area contributed by atoms with Crippen LogP contribution in [0.1, 0.15) is 44.9 Å². The van der Waals surface area contributed by atoms with E-state index in [0.29, 0.717) is 12.6 Å². The fourth-order valence-electron chi connectivity index (χ4n) is 6.94. The standard InChI is InChI=1S/C27H49ClN8O3/c1-5-24(37)31-20-12-21(23(39-4)13-22(20)36-11-10-16(15-36)35(2)3)33-27-30-14-18(28)26(34-27)32-19-9-7-6-8-17(19)25(29)38/h5,16-23,26-27,30,32-34H,1,6-15H2,2-4H3,(H2,29,38)(H,31,37). The molecule has 4 aliphatic rings. The van der Waals surface area contributed by atoms with Crippen LogP contribution in [0.5, 0.6) is 0 Å². The molecule has 2 saturated carbocycles. The summed E-state index contributed by atoms with van der Waals surface area (Å²) < 4.78 is 6.02. The van der Waals surface area contributed by atoms with Gasteiger partial charge in [0, 0.05) is 57.0 Å². The number of carbonyl (C=O) groups excluding carboxylic acids is 2. The van der Waals surface area contributed by atoms with E-state index in [2.05, 4.69) is 57.1 Å². The number of methoxy groups -OCH3 is 1. The number of amides is 2. The van der Waals surface area contributed by atoms with Crippen molar-refractivity contribution in [3.63, 3.8) is 0 Å². The summed E-state index contributed by atoms with van der Waals surface area (Å²) in [7, 11) is 6.02. The number of hydrogen-bond acceptors (Lipinski definition) is 9. The lowest BCUT2D eigenvalue weighted by molar-refractivity contribution is -0.123. The summed E-state index contributed by atoms with van der Waals surface area (Å²) in [6.07, 6.45) is 7.40. The fraction of sp³-hybridized carbons (Fsp3) is 0.852. The highest BCUT2D eigenvalue weighted by Crippen LogP contribution is 2.30. The van der Waals surface area contributed by atoms with Crippen LogP contribution in [-0.4, -0.2) is 117 Å². The van der Waals surface area contributed by atoms with E-state index in [0.717, 1.165) is 58.0 Å². The van der Waals surface area contributed by atoms with Crippen molar-refractivity contribution in [1.29, 1.82) is 0 Å². The number of alkyl halides is 1. The van der Waals surface area contributed by atoms with Crippen LogP contribution in [0.25, 0.3) is 0 Å². The smallest absolute Gasteiger partial charge is 0.243 e. The molecule has 0 aromatic carbocycles. The number of rotatable bonds is 10. The Labute approximate surface area is 238 Å². The second-order valence-electron chi connectivity index (χ2n) is 11.9. The fourth-order valence-corrected chi connectivity index (χ4v) is 7.18. The van der Waals surface area contributed by atoms with Crippen LogP contribution in [0.15, 0.2) is 12.7 Å². The van der Waals surface area contributed by atoms with E-state index in [-0.39, 0.29) is 65.8 Å². The van der Waals surface area contributed by atoms with Crippen molar-refractivity contribution in [1.82, 2.24) is 36.4 Å². The molecular weight excluding hydrogens is 520 g/mol. The van der Waals surface area contributed by atoms with Crippen molar-refractivity contribution in [2.75, 3.05) is 40.8 Å². The van der Waals surface area contributed by atoms with Gasteiger partial charge in [0.05, 0.1) is 23.6 Å². The lowest BCUT2D eigenvalue weighted by Gasteiger charge is -2.47. The molecule has 2 aliphatic carbocycles. The summed E-state index contributed by atoms with van der Waals surface area (Å²) in [5.41, 5.74) is 5.70. The third-order valence-electron chi connectivity index (χ3n) is 9.24. The van der Waals surface area contributed by atoms with Gasteiger partial charge >= 0.3 is 0 Å². The van der Waals surface area contributed by atoms with Gasteiger partial charge < -0.3 is 20.7 Å². The number of primary amides is 1. The van der Waals surface area contributed by atoms with Crippen molar-refractivity contribution in [2.45, 2.75) is 99.1 Å². The van der Waals surface area contributed by atoms with Gasteiger partial charge in [-0.3, -0.25) is 35.8 Å². The Balaban J connectivity index is 1.41. The molecule has 2 aliphatic heterocycles. The summed E-state index contributed by atoms with van der Waals surface area (Å²) in [6.45, 7) is 6.25. The molecule has 12 heteroatoms. The summed E-state index contributed by atoms with van der Waals surface area (Å²) in [4.78, 5) is 29.2. The van der Waals surface area contributed by atoms with Crippen LogP contribution in [0.4, 0.5) is 0 Å². The molecule has 0 aromatic heterocycles. The number of nitrogens with two attached hydrogens (primary N) is 1. The van der Waals surface area contributed by atoms with E-state index in [9.17, 15) is 9.59 Å². The highest BCUT2D eigenvalue weighted by atomic mass is 35.5. The number of likely N-dealkylation sites (N-methyl/N-ethyl adjacent to an activating group) is 1. The van der Waals surface area contributed by atoms with Crippen LogP contribution in [0.2, 0.25) is 0 Å². The van der Waals surface area contributed by atoms with E-state index in [1.165, 1.54) is 6.08 Å². The zero-order valence-corrected chi connectivity index (χ0v) is 24.5. The number of ether oxygens (including phenoxy) is 1. The quantitative estimate of drug-likeness (QED) is 0.152. The molecule has 4 rings (SSSR count). The molecule has 11 nitrogen and oxygen atoms in total. The highest BCUT2D eigenvalue weighted by molar-refractivity contribution is 6.21. The van der Waals surface area contributed by atoms with Gasteiger partial charge in [0.1, 0.15) is 6.29 Å². The Hall–Kier alpha value is -1.31. The Kier molecular flexibility index (Phi) is 11.0. The molecule has 7 N–H and O–H groups in total. The second-order valence-corrected chi connectivity index (χ2v) is 12.4. The summed E-state index contributed by atoms with van der Waals surface area (Å²) in [6, 6.07) is 0.685. The first-order valence-corrected chi connectivity index (χ1v) is 14.9. The molecule has 10 atom stereocenters. The van der Waals surface area contributed by atoms with Crippen molar-refractivity contribution in [3.05, 3.63) is 12.7 Å². The zero-order valence-electron chi connectivity index (χ0n) is 23.7. The van der Waals surface area contributed by atoms with E-state index >= 15 is 0 Å². The van der Waals surface area contributed by atoms with E-state index < -0.39 is 0 Å². The van der Waals surface area contributed by atoms with E-state index in [1.807, 2.05) is 0 Å². The van der Waals surface area contributed by atoms with Crippen molar-refractivity contribution in [3.8, 4) is 0 Å². The molecule has 222 valence electrons. The Morgan fingerprint density at radius 2 is 1.90 bits per heavy atom. The molecule has 0 radical (unpaired) electrons. The number of halogens is 1. The minimum atomic E-state index is -0.246. The minimum Gasteiger partial charge on any atom is -0.380 e. The van der Waals surface area contributed by atoms with E-state index in [1.54, 1.807) is 7.11 Å². The molecular formula is C27H49ClN8O3. The first-order valence-electron chi connectivity index (χ1n) is 14.5. The molecule has 0 bridgehead atoms. The maximum absolute atomic E-state index is 12.4. The van der Waals surface area contributed by atoms with Gasteiger partial charge in [0.25, 0.3) is 0 Å². The molecule has 0 spiro atoms. The third-order valence-corrected chi connectivity index (χ3v) is 9.64. The van der Waals surface area contributed by atoms with Crippen molar-refractivity contribution >= 4 is 23.4 Å². The maximum Gasteiger partial charge on any atom is 0.243 e. The molecule has 2 heterocycles. The van der Waals surface area contributed by atoms with Gasteiger partial charge in [-0.15, -0.1) is 11.6 Å². The van der Waals surface area contributed by atoms with E-state index in [4.69, 9.17) is 22.1 Å². The molecule has 0 aromatic rings. The topological polar surface area (TPSA) is 136 Å². The molecule has 2 saturated heterocycles. The first-order chi connectivity index (χ1) is 18.7. The minimum absolute atomic E-state index is 0.000752. The Morgan fingerprint density at radius 1 is 1.13 bits per heavy atom. The number of nitrogens with one attached hydrogen (secondary N) is 5. The van der Waals surface area contributed by atoms with Gasteiger partial charge in [-0.05, 0) is 52.3 Å². The normalized spacial score (nSPS) is 39.9. The lowest BCUT2D eigenvalue weighted by Crippen LogP contribution is -2.73. The van der Waals surface area contributed by atoms with Gasteiger partial charge in [0.2, 0.25) is 11.8 Å². The van der Waals surface area contributed by atoms with Crippen molar-refractivity contribution in [2.24, 2.45) is 11.7 Å². The molecule has 2 amide bonds. The maximum atomic E-state index is 12.4. The number of likely N-dealkylation sites (tertiary alicyclic amines) is 1. The Morgan fingerprint density at radius 3 is 2.56 bits per heavy atom. The summed E-state index contributed by atoms with van der Waals surface area (Å²) in [5, 5.41) is 17.3. The van der Waals surface area contributed by atoms with Crippen LogP contribution >= 0.6 is 11.6 Å². The first kappa shape index (κ1) is 30.6. The van der Waals surface area contributed by atoms with Gasteiger partial charge in [0.15, 0.2) is 0 Å². The summed E-state index contributed by atoms with van der Waals surface area (Å²) in [5.74, 6) is -0.572. The second kappa shape index (κ2) is 14.0. The number of carbonyl (C=O) groups is 2. The average Bonchev–Trinajstić information content (AvgIpc) is 3.41. The molecule has 4 fully saturated rings. The third kappa shape index (κ3) is 7.71. The largest absolute Gasteiger partial charge is 0.380 e. The van der Waals surface area contributed by atoms with Crippen LogP contribution in [0, 0.1) is 5.92 Å². The van der Waals surface area contributed by atoms with Crippen molar-refractivity contribution < 1.29 is 14.3 Å². The highest BCUT2D eigenvalue weighted by Gasteiger charge is 2.44. The number of hydrogen-bond donors (Lipinski definition) is 6. The number of nitrogens with zero attached hydrogens (tertiary/aromatic N) is 2.